The molecule has 4 nitrogen and oxygen atoms in total. The lowest BCUT2D eigenvalue weighted by Crippen LogP contribution is -2.08. The second-order valence-corrected chi connectivity index (χ2v) is 3.51. The normalized spacial score (nSPS) is 9.71. The molecular formula is C13H18N2O2. The van der Waals surface area contributed by atoms with E-state index in [1.165, 1.54) is 0 Å². The maximum absolute atomic E-state index is 11.1. The maximum Gasteiger partial charge on any atom is 0.305 e. The molecule has 1 rings (SSSR count). The molecule has 0 heterocycles. The summed E-state index contributed by atoms with van der Waals surface area (Å²) in [6, 6.07) is 7.67. The number of carbonyl (C=O) groups is 1. The molecule has 1 aromatic carbocycles. The SMILES string of the molecule is C=Nc1ccccc1NCCCC(=O)OCC. The predicted molar refractivity (Wildman–Crippen MR) is 70.0 cm³/mol. The van der Waals surface area contributed by atoms with Gasteiger partial charge in [0.15, 0.2) is 0 Å². The molecule has 92 valence electrons. The van der Waals surface area contributed by atoms with Gasteiger partial charge < -0.3 is 10.1 Å². The van der Waals surface area contributed by atoms with Gasteiger partial charge in [0.2, 0.25) is 0 Å². The zero-order chi connectivity index (χ0) is 12.5. The molecule has 0 fully saturated rings. The minimum absolute atomic E-state index is 0.149. The zero-order valence-electron chi connectivity index (χ0n) is 10.1. The van der Waals surface area contributed by atoms with E-state index >= 15 is 0 Å². The minimum atomic E-state index is -0.149. The summed E-state index contributed by atoms with van der Waals surface area (Å²) in [6.07, 6.45) is 1.18. The number of nitrogens with zero attached hydrogens (tertiary/aromatic N) is 1. The molecule has 17 heavy (non-hydrogen) atoms. The van der Waals surface area contributed by atoms with Gasteiger partial charge in [-0.05, 0) is 32.2 Å². The highest BCUT2D eigenvalue weighted by Crippen LogP contribution is 2.23. The summed E-state index contributed by atoms with van der Waals surface area (Å²) >= 11 is 0. The predicted octanol–water partition coefficient (Wildman–Crippen LogP) is 2.77. The molecule has 0 radical (unpaired) electrons. The van der Waals surface area contributed by atoms with E-state index < -0.39 is 0 Å². The van der Waals surface area contributed by atoms with E-state index in [1.807, 2.05) is 31.2 Å². The summed E-state index contributed by atoms with van der Waals surface area (Å²) < 4.78 is 4.84. The van der Waals surface area contributed by atoms with E-state index in [-0.39, 0.29) is 5.97 Å². The molecule has 0 bridgehead atoms. The van der Waals surface area contributed by atoms with Crippen LogP contribution in [0, 0.1) is 0 Å². The van der Waals surface area contributed by atoms with Crippen LogP contribution in [0.1, 0.15) is 19.8 Å². The van der Waals surface area contributed by atoms with Crippen molar-refractivity contribution in [2.45, 2.75) is 19.8 Å². The standard InChI is InChI=1S/C13H18N2O2/c1-3-17-13(16)9-6-10-15-12-8-5-4-7-11(12)14-2/h4-5,7-8,15H,2-3,6,9-10H2,1H3. The van der Waals surface area contributed by atoms with E-state index in [4.69, 9.17) is 4.74 Å². The molecule has 0 saturated heterocycles. The van der Waals surface area contributed by atoms with Gasteiger partial charge in [0.1, 0.15) is 0 Å². The quantitative estimate of drug-likeness (QED) is 0.448. The van der Waals surface area contributed by atoms with Crippen LogP contribution in [0.2, 0.25) is 0 Å². The number of para-hydroxylation sites is 2. The molecule has 0 spiro atoms. The molecule has 0 unspecified atom stereocenters. The van der Waals surface area contributed by atoms with Crippen molar-refractivity contribution in [3.05, 3.63) is 24.3 Å². The molecule has 1 aromatic rings. The van der Waals surface area contributed by atoms with Crippen LogP contribution >= 0.6 is 0 Å². The summed E-state index contributed by atoms with van der Waals surface area (Å²) in [5.74, 6) is -0.149. The Morgan fingerprint density at radius 1 is 1.47 bits per heavy atom. The molecule has 0 atom stereocenters. The van der Waals surface area contributed by atoms with Crippen molar-refractivity contribution in [1.29, 1.82) is 0 Å². The van der Waals surface area contributed by atoms with E-state index in [2.05, 4.69) is 17.0 Å². The number of hydrogen-bond donors (Lipinski definition) is 1. The van der Waals surface area contributed by atoms with Gasteiger partial charge in [-0.2, -0.15) is 0 Å². The fourth-order valence-corrected chi connectivity index (χ4v) is 1.45. The summed E-state index contributed by atoms with van der Waals surface area (Å²) in [7, 11) is 0. The first-order valence-corrected chi connectivity index (χ1v) is 5.73. The lowest BCUT2D eigenvalue weighted by Gasteiger charge is -2.08. The number of hydrogen-bond acceptors (Lipinski definition) is 4. The van der Waals surface area contributed by atoms with Crippen molar-refractivity contribution in [2.24, 2.45) is 4.99 Å². The van der Waals surface area contributed by atoms with Gasteiger partial charge in [-0.1, -0.05) is 12.1 Å². The van der Waals surface area contributed by atoms with Gasteiger partial charge in [0, 0.05) is 13.0 Å². The highest BCUT2D eigenvalue weighted by atomic mass is 16.5. The highest BCUT2D eigenvalue weighted by Gasteiger charge is 2.02. The van der Waals surface area contributed by atoms with Crippen LogP contribution in [0.15, 0.2) is 29.3 Å². The monoisotopic (exact) mass is 234 g/mol. The van der Waals surface area contributed by atoms with Gasteiger partial charge in [-0.25, -0.2) is 0 Å². The van der Waals surface area contributed by atoms with E-state index in [1.54, 1.807) is 0 Å². The Kier molecular flexibility index (Phi) is 5.79. The molecule has 0 aliphatic rings. The van der Waals surface area contributed by atoms with Crippen LogP contribution in [0.5, 0.6) is 0 Å². The van der Waals surface area contributed by atoms with Crippen LogP contribution in [-0.2, 0) is 9.53 Å². The fourth-order valence-electron chi connectivity index (χ4n) is 1.45. The molecule has 0 aliphatic heterocycles. The molecule has 0 amide bonds. The number of nitrogens with one attached hydrogen (secondary N) is 1. The summed E-state index contributed by atoms with van der Waals surface area (Å²) in [4.78, 5) is 15.0. The van der Waals surface area contributed by atoms with E-state index in [0.717, 1.165) is 17.8 Å². The average Bonchev–Trinajstić information content (AvgIpc) is 2.35. The molecule has 4 heteroatoms. The largest absolute Gasteiger partial charge is 0.466 e. The van der Waals surface area contributed by atoms with Crippen LogP contribution in [0.3, 0.4) is 0 Å². The number of esters is 1. The Labute approximate surface area is 102 Å². The Morgan fingerprint density at radius 3 is 2.94 bits per heavy atom. The molecule has 0 aromatic heterocycles. The Hall–Kier alpha value is -1.84. The molecule has 0 saturated carbocycles. The smallest absolute Gasteiger partial charge is 0.305 e. The number of aliphatic imine (C=N–C) groups is 1. The number of anilines is 1. The first-order valence-electron chi connectivity index (χ1n) is 5.73. The molecule has 1 N–H and O–H groups in total. The fraction of sp³-hybridized carbons (Fsp3) is 0.385. The Bertz CT molecular complexity index is 377. The number of rotatable bonds is 7. The minimum Gasteiger partial charge on any atom is -0.466 e. The highest BCUT2D eigenvalue weighted by molar-refractivity contribution is 5.69. The maximum atomic E-state index is 11.1. The zero-order valence-corrected chi connectivity index (χ0v) is 10.1. The van der Waals surface area contributed by atoms with Crippen molar-refractivity contribution in [1.82, 2.24) is 0 Å². The Balaban J connectivity index is 2.31. The summed E-state index contributed by atoms with van der Waals surface area (Å²) in [5.41, 5.74) is 1.76. The number of benzene rings is 1. The van der Waals surface area contributed by atoms with Gasteiger partial charge in [0.05, 0.1) is 18.0 Å². The second-order valence-electron chi connectivity index (χ2n) is 3.51. The van der Waals surface area contributed by atoms with Crippen molar-refractivity contribution in [3.8, 4) is 0 Å². The number of ether oxygens (including phenoxy) is 1. The van der Waals surface area contributed by atoms with Crippen LogP contribution in [-0.4, -0.2) is 25.8 Å². The van der Waals surface area contributed by atoms with Crippen LogP contribution in [0.25, 0.3) is 0 Å². The van der Waals surface area contributed by atoms with E-state index in [0.29, 0.717) is 19.6 Å². The van der Waals surface area contributed by atoms with Gasteiger partial charge >= 0.3 is 5.97 Å². The van der Waals surface area contributed by atoms with Crippen molar-refractivity contribution < 1.29 is 9.53 Å². The van der Waals surface area contributed by atoms with Crippen LogP contribution in [0.4, 0.5) is 11.4 Å². The Morgan fingerprint density at radius 2 is 2.24 bits per heavy atom. The lowest BCUT2D eigenvalue weighted by molar-refractivity contribution is -0.143. The van der Waals surface area contributed by atoms with Crippen molar-refractivity contribution in [2.75, 3.05) is 18.5 Å². The van der Waals surface area contributed by atoms with Crippen molar-refractivity contribution in [3.63, 3.8) is 0 Å². The average molecular weight is 234 g/mol. The molecular weight excluding hydrogens is 216 g/mol. The first-order chi connectivity index (χ1) is 8.27. The number of carbonyl (C=O) groups excluding carboxylic acids is 1. The lowest BCUT2D eigenvalue weighted by atomic mass is 10.2. The second kappa shape index (κ2) is 7.44. The third-order valence-corrected chi connectivity index (χ3v) is 2.25. The van der Waals surface area contributed by atoms with E-state index in [9.17, 15) is 4.79 Å². The topological polar surface area (TPSA) is 50.7 Å². The van der Waals surface area contributed by atoms with Crippen molar-refractivity contribution >= 4 is 24.1 Å². The first kappa shape index (κ1) is 13.2. The van der Waals surface area contributed by atoms with Gasteiger partial charge in [-0.15, -0.1) is 0 Å². The van der Waals surface area contributed by atoms with Crippen LogP contribution < -0.4 is 5.32 Å². The third kappa shape index (κ3) is 4.68. The molecule has 0 aliphatic carbocycles. The summed E-state index contributed by atoms with van der Waals surface area (Å²) in [5, 5.41) is 3.22. The summed E-state index contributed by atoms with van der Waals surface area (Å²) in [6.45, 7) is 6.47. The van der Waals surface area contributed by atoms with Gasteiger partial charge in [-0.3, -0.25) is 9.79 Å². The van der Waals surface area contributed by atoms with Gasteiger partial charge in [0.25, 0.3) is 0 Å². The third-order valence-electron chi connectivity index (χ3n) is 2.25.